The number of hydrogen-bond donors (Lipinski definition) is 1. The van der Waals surface area contributed by atoms with Crippen LogP contribution in [0.3, 0.4) is 0 Å². The largest absolute Gasteiger partial charge is 0.492 e. The lowest BCUT2D eigenvalue weighted by Gasteiger charge is -2.37. The van der Waals surface area contributed by atoms with Crippen molar-refractivity contribution in [2.75, 3.05) is 26.0 Å². The normalized spacial score (nSPS) is 18.3. The van der Waals surface area contributed by atoms with Gasteiger partial charge in [-0.3, -0.25) is 9.69 Å². The Balaban J connectivity index is 1.49. The molecule has 148 valence electrons. The Labute approximate surface area is 171 Å². The molecule has 28 heavy (non-hydrogen) atoms. The van der Waals surface area contributed by atoms with Gasteiger partial charge in [-0.05, 0) is 54.5 Å². The van der Waals surface area contributed by atoms with Crippen LogP contribution in [-0.2, 0) is 19.4 Å². The quantitative estimate of drug-likeness (QED) is 0.752. The second-order valence-electron chi connectivity index (χ2n) is 7.57. The highest BCUT2D eigenvalue weighted by Gasteiger charge is 2.27. The average molecular weight is 397 g/mol. The van der Waals surface area contributed by atoms with E-state index < -0.39 is 0 Å². The maximum absolute atomic E-state index is 13.0. The molecule has 0 saturated carbocycles. The summed E-state index contributed by atoms with van der Waals surface area (Å²) in [4.78, 5) is 16.6. The fraction of sp³-hybridized carbons (Fsp3) is 0.435. The molecular weight excluding hydrogens is 368 g/mol. The van der Waals surface area contributed by atoms with Gasteiger partial charge in [-0.1, -0.05) is 31.2 Å². The van der Waals surface area contributed by atoms with E-state index in [1.165, 1.54) is 11.1 Å². The van der Waals surface area contributed by atoms with Crippen LogP contribution in [0.1, 0.15) is 40.4 Å². The van der Waals surface area contributed by atoms with Crippen molar-refractivity contribution in [3.05, 3.63) is 58.7 Å². The highest BCUT2D eigenvalue weighted by Crippen LogP contribution is 2.34. The van der Waals surface area contributed by atoms with Crippen molar-refractivity contribution in [1.82, 2.24) is 10.2 Å². The summed E-state index contributed by atoms with van der Waals surface area (Å²) in [5, 5.41) is 3.20. The zero-order valence-corrected chi connectivity index (χ0v) is 17.5. The van der Waals surface area contributed by atoms with Gasteiger partial charge in [0.25, 0.3) is 5.91 Å². The number of nitrogens with zero attached hydrogens (tertiary/aromatic N) is 1. The van der Waals surface area contributed by atoms with Crippen molar-refractivity contribution in [1.29, 1.82) is 0 Å². The minimum absolute atomic E-state index is 0.0237. The number of nitrogens with one attached hydrogen (secondary N) is 1. The summed E-state index contributed by atoms with van der Waals surface area (Å²) in [6.07, 6.45) is 5.02. The minimum Gasteiger partial charge on any atom is -0.492 e. The van der Waals surface area contributed by atoms with Gasteiger partial charge in [-0.15, -0.1) is 11.8 Å². The fourth-order valence-electron chi connectivity index (χ4n) is 4.26. The number of fused-ring (bicyclic) bond motifs is 2. The Kier molecular flexibility index (Phi) is 5.93. The minimum atomic E-state index is -0.0237. The standard InChI is InChI=1S/C23H28N2O2S/c1-3-9-25-15-18-7-5-4-6-16(18)11-19(25)14-24-23(26)21-13-20(28-2)12-17-8-10-27-22(17)21/h4-7,12-13,19H,3,8-11,14-15H2,1-2H3,(H,24,26). The molecule has 1 atom stereocenters. The van der Waals surface area contributed by atoms with Gasteiger partial charge in [0, 0.05) is 30.4 Å². The molecule has 0 spiro atoms. The van der Waals surface area contributed by atoms with Crippen LogP contribution < -0.4 is 10.1 Å². The van der Waals surface area contributed by atoms with Gasteiger partial charge in [0.15, 0.2) is 0 Å². The number of carbonyl (C=O) groups is 1. The Hall–Kier alpha value is -1.98. The molecule has 2 heterocycles. The van der Waals surface area contributed by atoms with Crippen LogP contribution in [0.5, 0.6) is 5.75 Å². The van der Waals surface area contributed by atoms with Crippen molar-refractivity contribution < 1.29 is 9.53 Å². The number of hydrogen-bond acceptors (Lipinski definition) is 4. The number of ether oxygens (including phenoxy) is 1. The van der Waals surface area contributed by atoms with Gasteiger partial charge in [0.2, 0.25) is 0 Å². The average Bonchev–Trinajstić information content (AvgIpc) is 3.20. The first-order chi connectivity index (χ1) is 13.7. The van der Waals surface area contributed by atoms with Crippen LogP contribution >= 0.6 is 11.8 Å². The maximum Gasteiger partial charge on any atom is 0.255 e. The van der Waals surface area contributed by atoms with Gasteiger partial charge in [-0.2, -0.15) is 0 Å². The van der Waals surface area contributed by atoms with E-state index in [0.29, 0.717) is 24.8 Å². The van der Waals surface area contributed by atoms with Gasteiger partial charge >= 0.3 is 0 Å². The maximum atomic E-state index is 13.0. The molecule has 0 aromatic heterocycles. The molecule has 0 bridgehead atoms. The molecule has 2 aliphatic rings. The molecule has 2 aliphatic heterocycles. The third-order valence-electron chi connectivity index (χ3n) is 5.71. The Morgan fingerprint density at radius 2 is 2.07 bits per heavy atom. The zero-order chi connectivity index (χ0) is 19.5. The van der Waals surface area contributed by atoms with Crippen molar-refractivity contribution in [3.8, 4) is 5.75 Å². The highest BCUT2D eigenvalue weighted by molar-refractivity contribution is 7.98. The zero-order valence-electron chi connectivity index (χ0n) is 16.7. The molecule has 4 nitrogen and oxygen atoms in total. The Morgan fingerprint density at radius 1 is 1.25 bits per heavy atom. The van der Waals surface area contributed by atoms with Crippen molar-refractivity contribution in [2.24, 2.45) is 0 Å². The molecule has 2 aromatic rings. The van der Waals surface area contributed by atoms with E-state index in [-0.39, 0.29) is 5.91 Å². The second kappa shape index (κ2) is 8.58. The second-order valence-corrected chi connectivity index (χ2v) is 8.45. The summed E-state index contributed by atoms with van der Waals surface area (Å²) in [6.45, 7) is 5.55. The summed E-state index contributed by atoms with van der Waals surface area (Å²) < 4.78 is 5.77. The molecule has 5 heteroatoms. The van der Waals surface area contributed by atoms with E-state index >= 15 is 0 Å². The van der Waals surface area contributed by atoms with E-state index in [1.807, 2.05) is 12.3 Å². The third-order valence-corrected chi connectivity index (χ3v) is 6.42. The lowest BCUT2D eigenvalue weighted by molar-refractivity contribution is 0.0922. The molecule has 1 amide bonds. The Bertz CT molecular complexity index is 868. The smallest absolute Gasteiger partial charge is 0.255 e. The van der Waals surface area contributed by atoms with Crippen molar-refractivity contribution in [3.63, 3.8) is 0 Å². The monoisotopic (exact) mass is 396 g/mol. The predicted octanol–water partition coefficient (Wildman–Crippen LogP) is 3.91. The molecule has 0 radical (unpaired) electrons. The summed E-state index contributed by atoms with van der Waals surface area (Å²) >= 11 is 1.67. The topological polar surface area (TPSA) is 41.6 Å². The van der Waals surface area contributed by atoms with Crippen LogP contribution in [0, 0.1) is 0 Å². The summed E-state index contributed by atoms with van der Waals surface area (Å²) in [7, 11) is 0. The predicted molar refractivity (Wildman–Crippen MR) is 114 cm³/mol. The molecule has 0 saturated heterocycles. The molecule has 1 unspecified atom stereocenters. The van der Waals surface area contributed by atoms with Crippen LogP contribution in [0.15, 0.2) is 41.3 Å². The van der Waals surface area contributed by atoms with Crippen molar-refractivity contribution in [2.45, 2.75) is 43.7 Å². The van der Waals surface area contributed by atoms with Crippen molar-refractivity contribution >= 4 is 17.7 Å². The molecule has 1 N–H and O–H groups in total. The first-order valence-electron chi connectivity index (χ1n) is 10.1. The van der Waals surface area contributed by atoms with E-state index in [2.05, 4.69) is 47.5 Å². The van der Waals surface area contributed by atoms with E-state index in [0.717, 1.165) is 48.6 Å². The summed E-state index contributed by atoms with van der Waals surface area (Å²) in [6, 6.07) is 13.1. The SMILES string of the molecule is CCCN1Cc2ccccc2CC1CNC(=O)c1cc(SC)cc2c1OCC2. The number of thioether (sulfide) groups is 1. The van der Waals surface area contributed by atoms with Gasteiger partial charge in [0.05, 0.1) is 12.2 Å². The van der Waals surface area contributed by atoms with E-state index in [9.17, 15) is 4.79 Å². The molecule has 0 aliphatic carbocycles. The van der Waals surface area contributed by atoms with Crippen LogP contribution in [0.25, 0.3) is 0 Å². The number of amides is 1. The van der Waals surface area contributed by atoms with Crippen LogP contribution in [-0.4, -0.2) is 42.8 Å². The van der Waals surface area contributed by atoms with Crippen LogP contribution in [0.4, 0.5) is 0 Å². The molecule has 0 fully saturated rings. The molecular formula is C23H28N2O2S. The fourth-order valence-corrected chi connectivity index (χ4v) is 4.76. The van der Waals surface area contributed by atoms with Gasteiger partial charge in [-0.25, -0.2) is 0 Å². The molecule has 2 aromatic carbocycles. The third kappa shape index (κ3) is 3.91. The van der Waals surface area contributed by atoms with Gasteiger partial charge < -0.3 is 10.1 Å². The number of benzene rings is 2. The first-order valence-corrected chi connectivity index (χ1v) is 11.3. The van der Waals surface area contributed by atoms with Crippen LogP contribution in [0.2, 0.25) is 0 Å². The lowest BCUT2D eigenvalue weighted by Crippen LogP contribution is -2.47. The number of carbonyl (C=O) groups excluding carboxylic acids is 1. The first kappa shape index (κ1) is 19.3. The molecule has 4 rings (SSSR count). The lowest BCUT2D eigenvalue weighted by atomic mass is 9.93. The van der Waals surface area contributed by atoms with E-state index in [4.69, 9.17) is 4.74 Å². The number of rotatable bonds is 6. The van der Waals surface area contributed by atoms with E-state index in [1.54, 1.807) is 11.8 Å². The Morgan fingerprint density at radius 3 is 2.86 bits per heavy atom. The highest BCUT2D eigenvalue weighted by atomic mass is 32.2. The van der Waals surface area contributed by atoms with Gasteiger partial charge in [0.1, 0.15) is 5.75 Å². The summed E-state index contributed by atoms with van der Waals surface area (Å²) in [5.74, 6) is 0.749. The summed E-state index contributed by atoms with van der Waals surface area (Å²) in [5.41, 5.74) is 4.65.